The van der Waals surface area contributed by atoms with Crippen molar-refractivity contribution >= 4 is 11.5 Å². The van der Waals surface area contributed by atoms with Gasteiger partial charge in [0, 0.05) is 39.3 Å². The van der Waals surface area contributed by atoms with Gasteiger partial charge in [0.2, 0.25) is 0 Å². The molecule has 0 bridgehead atoms. The Morgan fingerprint density at radius 1 is 1.17 bits per heavy atom. The first-order valence-corrected chi connectivity index (χ1v) is 6.08. The Hall–Kier alpha value is -1.80. The van der Waals surface area contributed by atoms with E-state index in [1.165, 1.54) is 0 Å². The van der Waals surface area contributed by atoms with E-state index in [1.807, 2.05) is 6.20 Å². The summed E-state index contributed by atoms with van der Waals surface area (Å²) in [6.07, 6.45) is 3.47. The van der Waals surface area contributed by atoms with E-state index in [0.717, 1.165) is 38.5 Å². The Balaban J connectivity index is 1.78. The predicted molar refractivity (Wildman–Crippen MR) is 66.3 cm³/mol. The minimum atomic E-state index is 0.678. The summed E-state index contributed by atoms with van der Waals surface area (Å²) in [5.74, 6) is 0.949. The molecule has 2 aromatic heterocycles. The summed E-state index contributed by atoms with van der Waals surface area (Å²) in [4.78, 5) is 8.80. The predicted octanol–water partition coefficient (Wildman–Crippen LogP) is -1.40. The van der Waals surface area contributed by atoms with Crippen LogP contribution in [0.1, 0.15) is 0 Å². The molecule has 0 saturated carbocycles. The van der Waals surface area contributed by atoms with Crippen LogP contribution in [0.5, 0.6) is 0 Å². The van der Waals surface area contributed by atoms with Crippen LogP contribution in [0.2, 0.25) is 0 Å². The van der Waals surface area contributed by atoms with Crippen LogP contribution in [0.3, 0.4) is 0 Å². The van der Waals surface area contributed by atoms with Crippen molar-refractivity contribution in [2.45, 2.75) is 0 Å². The van der Waals surface area contributed by atoms with Crippen LogP contribution in [0.15, 0.2) is 12.4 Å². The van der Waals surface area contributed by atoms with Gasteiger partial charge in [-0.1, -0.05) is 0 Å². The van der Waals surface area contributed by atoms with Crippen LogP contribution in [-0.2, 0) is 0 Å². The van der Waals surface area contributed by atoms with Crippen molar-refractivity contribution in [1.82, 2.24) is 29.9 Å². The van der Waals surface area contributed by atoms with Crippen molar-refractivity contribution in [2.24, 2.45) is 5.73 Å². The van der Waals surface area contributed by atoms with Gasteiger partial charge >= 0.3 is 0 Å². The van der Waals surface area contributed by atoms with Gasteiger partial charge in [0.1, 0.15) is 0 Å². The topological polar surface area (TPSA) is 88.5 Å². The number of tetrazole rings is 1. The molecule has 18 heavy (non-hydrogen) atoms. The van der Waals surface area contributed by atoms with Gasteiger partial charge in [0.25, 0.3) is 0 Å². The molecule has 3 rings (SSSR count). The first-order chi connectivity index (χ1) is 8.88. The molecule has 0 aromatic carbocycles. The quantitative estimate of drug-likeness (QED) is 0.714. The van der Waals surface area contributed by atoms with Gasteiger partial charge in [-0.25, -0.2) is 0 Å². The van der Waals surface area contributed by atoms with E-state index >= 15 is 0 Å². The third-order valence-corrected chi connectivity index (χ3v) is 3.23. The number of aromatic nitrogens is 5. The van der Waals surface area contributed by atoms with E-state index in [4.69, 9.17) is 5.73 Å². The van der Waals surface area contributed by atoms with Crippen LogP contribution >= 0.6 is 0 Å². The van der Waals surface area contributed by atoms with Crippen LogP contribution in [0.25, 0.3) is 5.65 Å². The molecular formula is C10H16N8. The van der Waals surface area contributed by atoms with Gasteiger partial charge in [-0.3, -0.25) is 9.88 Å². The van der Waals surface area contributed by atoms with Gasteiger partial charge < -0.3 is 10.6 Å². The van der Waals surface area contributed by atoms with Crippen molar-refractivity contribution in [3.63, 3.8) is 0 Å². The molecule has 0 radical (unpaired) electrons. The first kappa shape index (κ1) is 11.3. The Bertz CT molecular complexity index is 515. The summed E-state index contributed by atoms with van der Waals surface area (Å²) in [6.45, 7) is 5.58. The van der Waals surface area contributed by atoms with Crippen molar-refractivity contribution < 1.29 is 0 Å². The van der Waals surface area contributed by atoms with Gasteiger partial charge in [-0.15, -0.1) is 5.10 Å². The highest BCUT2D eigenvalue weighted by Gasteiger charge is 2.19. The molecule has 0 atom stereocenters. The van der Waals surface area contributed by atoms with Gasteiger partial charge in [0.15, 0.2) is 11.5 Å². The second-order valence-corrected chi connectivity index (χ2v) is 4.33. The van der Waals surface area contributed by atoms with Crippen molar-refractivity contribution in [3.05, 3.63) is 12.4 Å². The minimum absolute atomic E-state index is 0.678. The summed E-state index contributed by atoms with van der Waals surface area (Å²) in [6, 6.07) is 0. The molecule has 8 heteroatoms. The second kappa shape index (κ2) is 4.83. The van der Waals surface area contributed by atoms with Crippen LogP contribution < -0.4 is 10.6 Å². The number of anilines is 1. The van der Waals surface area contributed by atoms with Crippen LogP contribution in [0.4, 0.5) is 5.82 Å². The van der Waals surface area contributed by atoms with Crippen LogP contribution in [-0.4, -0.2) is 69.2 Å². The van der Waals surface area contributed by atoms with E-state index in [2.05, 4.69) is 30.3 Å². The molecule has 96 valence electrons. The molecule has 1 saturated heterocycles. The number of hydrogen-bond acceptors (Lipinski definition) is 7. The molecule has 8 nitrogen and oxygen atoms in total. The summed E-state index contributed by atoms with van der Waals surface area (Å²) < 4.78 is 1.73. The fourth-order valence-electron chi connectivity index (χ4n) is 2.26. The number of hydrogen-bond donors (Lipinski definition) is 1. The molecule has 0 unspecified atom stereocenters. The van der Waals surface area contributed by atoms with E-state index in [-0.39, 0.29) is 0 Å². The van der Waals surface area contributed by atoms with E-state index < -0.39 is 0 Å². The van der Waals surface area contributed by atoms with Crippen molar-refractivity contribution in [2.75, 3.05) is 44.2 Å². The van der Waals surface area contributed by atoms with Gasteiger partial charge in [-0.05, 0) is 10.4 Å². The average Bonchev–Trinajstić information content (AvgIpc) is 2.88. The summed E-state index contributed by atoms with van der Waals surface area (Å²) >= 11 is 0. The first-order valence-electron chi connectivity index (χ1n) is 6.08. The zero-order valence-electron chi connectivity index (χ0n) is 10.1. The molecule has 1 aliphatic rings. The maximum atomic E-state index is 5.57. The fourth-order valence-corrected chi connectivity index (χ4v) is 2.26. The maximum Gasteiger partial charge on any atom is 0.199 e. The number of nitrogens with two attached hydrogens (primary N) is 1. The highest BCUT2D eigenvalue weighted by molar-refractivity contribution is 5.46. The summed E-state index contributed by atoms with van der Waals surface area (Å²) in [5, 5.41) is 11.6. The lowest BCUT2D eigenvalue weighted by Gasteiger charge is -2.35. The SMILES string of the molecule is NCCN1CCN(c2cncc3nnnn23)CC1. The fraction of sp³-hybridized carbons (Fsp3) is 0.600. The van der Waals surface area contributed by atoms with E-state index in [0.29, 0.717) is 12.2 Å². The molecule has 2 N–H and O–H groups in total. The third-order valence-electron chi connectivity index (χ3n) is 3.23. The molecule has 1 aliphatic heterocycles. The molecule has 1 fully saturated rings. The van der Waals surface area contributed by atoms with Crippen molar-refractivity contribution in [3.8, 4) is 0 Å². The molecule has 3 heterocycles. The molecule has 0 aliphatic carbocycles. The number of fused-ring (bicyclic) bond motifs is 1. The van der Waals surface area contributed by atoms with Gasteiger partial charge in [0.05, 0.1) is 12.4 Å². The molecule has 0 amide bonds. The highest BCUT2D eigenvalue weighted by atomic mass is 15.5. The largest absolute Gasteiger partial charge is 0.353 e. The van der Waals surface area contributed by atoms with Crippen LogP contribution in [0, 0.1) is 0 Å². The summed E-state index contributed by atoms with van der Waals surface area (Å²) in [7, 11) is 0. The number of nitrogens with zero attached hydrogens (tertiary/aromatic N) is 7. The zero-order chi connectivity index (χ0) is 12.4. The molecule has 0 spiro atoms. The smallest absolute Gasteiger partial charge is 0.199 e. The normalized spacial score (nSPS) is 17.5. The van der Waals surface area contributed by atoms with E-state index in [9.17, 15) is 0 Å². The Morgan fingerprint density at radius 2 is 2.00 bits per heavy atom. The van der Waals surface area contributed by atoms with Crippen molar-refractivity contribution in [1.29, 1.82) is 0 Å². The number of rotatable bonds is 3. The van der Waals surface area contributed by atoms with Gasteiger partial charge in [-0.2, -0.15) is 4.52 Å². The second-order valence-electron chi connectivity index (χ2n) is 4.33. The lowest BCUT2D eigenvalue weighted by molar-refractivity contribution is 0.264. The standard InChI is InChI=1S/C10H16N8/c11-1-2-16-3-5-17(6-4-16)10-8-12-7-9-13-14-15-18(9)10/h7-8H,1-6,11H2. The Morgan fingerprint density at radius 3 is 2.78 bits per heavy atom. The third kappa shape index (κ3) is 2.00. The summed E-state index contributed by atoms with van der Waals surface area (Å²) in [5.41, 5.74) is 6.25. The maximum absolute atomic E-state index is 5.57. The lowest BCUT2D eigenvalue weighted by atomic mass is 10.3. The highest BCUT2D eigenvalue weighted by Crippen LogP contribution is 2.14. The number of piperazine rings is 1. The Kier molecular flexibility index (Phi) is 3.03. The lowest BCUT2D eigenvalue weighted by Crippen LogP contribution is -2.48. The molecular weight excluding hydrogens is 232 g/mol. The minimum Gasteiger partial charge on any atom is -0.353 e. The zero-order valence-corrected chi connectivity index (χ0v) is 10.1. The Labute approximate surface area is 104 Å². The monoisotopic (exact) mass is 248 g/mol. The molecule has 2 aromatic rings. The van der Waals surface area contributed by atoms with E-state index in [1.54, 1.807) is 10.7 Å². The average molecular weight is 248 g/mol.